The summed E-state index contributed by atoms with van der Waals surface area (Å²) in [6, 6.07) is -0.834. The summed E-state index contributed by atoms with van der Waals surface area (Å²) in [5.74, 6) is -0.212. The van der Waals surface area contributed by atoms with Crippen LogP contribution in [0.25, 0.3) is 0 Å². The van der Waals surface area contributed by atoms with Gasteiger partial charge in [-0.25, -0.2) is 8.42 Å². The highest BCUT2D eigenvalue weighted by Crippen LogP contribution is 2.28. The molecule has 1 aliphatic carbocycles. The van der Waals surface area contributed by atoms with E-state index in [1.165, 1.54) is 4.31 Å². The predicted octanol–water partition coefficient (Wildman–Crippen LogP) is 2.15. The summed E-state index contributed by atoms with van der Waals surface area (Å²) in [5.41, 5.74) is 2.02. The number of nitrogens with one attached hydrogen (secondary N) is 1. The normalized spacial score (nSPS) is 25.5. The first kappa shape index (κ1) is 17.5. The van der Waals surface area contributed by atoms with Crippen molar-refractivity contribution < 1.29 is 13.2 Å². The van der Waals surface area contributed by atoms with Gasteiger partial charge in [0.15, 0.2) is 0 Å². The second-order valence-electron chi connectivity index (χ2n) is 6.07. The van der Waals surface area contributed by atoms with Crippen LogP contribution in [0.2, 0.25) is 0 Å². The van der Waals surface area contributed by atoms with Gasteiger partial charge in [0, 0.05) is 17.6 Å². The van der Waals surface area contributed by atoms with E-state index in [1.54, 1.807) is 13.8 Å². The molecule has 0 aromatic heterocycles. The molecule has 0 aromatic rings. The highest BCUT2D eigenvalue weighted by molar-refractivity contribution is 7.89. The van der Waals surface area contributed by atoms with Crippen LogP contribution in [0, 0.1) is 0 Å². The summed E-state index contributed by atoms with van der Waals surface area (Å²) in [6.07, 6.45) is 4.16. The van der Waals surface area contributed by atoms with Crippen molar-refractivity contribution in [2.75, 3.05) is 12.3 Å². The van der Waals surface area contributed by atoms with Crippen LogP contribution in [-0.4, -0.2) is 43.0 Å². The van der Waals surface area contributed by atoms with Crippen LogP contribution >= 0.6 is 11.6 Å². The molecule has 2 rings (SSSR count). The molecule has 1 amide bonds. The van der Waals surface area contributed by atoms with Crippen LogP contribution in [-0.2, 0) is 14.8 Å². The average Bonchev–Trinajstić information content (AvgIpc) is 2.73. The number of nitrogens with zero attached hydrogens (tertiary/aromatic N) is 1. The minimum absolute atomic E-state index is 0.0334. The van der Waals surface area contributed by atoms with Crippen molar-refractivity contribution in [3.8, 4) is 0 Å². The quantitative estimate of drug-likeness (QED) is 0.848. The van der Waals surface area contributed by atoms with Gasteiger partial charge in [0.25, 0.3) is 0 Å². The molecular weight excluding hydrogens is 324 g/mol. The number of carbonyl (C=O) groups excluding carboxylic acids is 1. The summed E-state index contributed by atoms with van der Waals surface area (Å²) in [4.78, 5) is 12.4. The van der Waals surface area contributed by atoms with Crippen LogP contribution in [0.3, 0.4) is 0 Å². The lowest BCUT2D eigenvalue weighted by Crippen LogP contribution is -2.48. The SMILES string of the molecule is CC1=CCCC(Cl)=C1CNC(=O)C1CCS(=O)(=O)N1C(C)C. The zero-order chi connectivity index (χ0) is 16.5. The van der Waals surface area contributed by atoms with E-state index >= 15 is 0 Å². The summed E-state index contributed by atoms with van der Waals surface area (Å²) in [7, 11) is -3.32. The molecule has 22 heavy (non-hydrogen) atoms. The Morgan fingerprint density at radius 1 is 1.50 bits per heavy atom. The predicted molar refractivity (Wildman–Crippen MR) is 88.0 cm³/mol. The number of rotatable bonds is 4. The highest BCUT2D eigenvalue weighted by atomic mass is 35.5. The van der Waals surface area contributed by atoms with Gasteiger partial charge < -0.3 is 5.32 Å². The Labute approximate surface area is 137 Å². The fourth-order valence-corrected chi connectivity index (χ4v) is 5.34. The molecule has 0 saturated carbocycles. The Morgan fingerprint density at radius 2 is 2.18 bits per heavy atom. The third-order valence-corrected chi connectivity index (χ3v) is 6.63. The lowest BCUT2D eigenvalue weighted by molar-refractivity contribution is -0.124. The van der Waals surface area contributed by atoms with Crippen molar-refractivity contribution in [1.82, 2.24) is 9.62 Å². The summed E-state index contributed by atoms with van der Waals surface area (Å²) in [5, 5.41) is 3.63. The molecule has 7 heteroatoms. The van der Waals surface area contributed by atoms with E-state index in [4.69, 9.17) is 11.6 Å². The van der Waals surface area contributed by atoms with Gasteiger partial charge >= 0.3 is 0 Å². The maximum absolute atomic E-state index is 12.4. The molecular formula is C15H23ClN2O3S. The third kappa shape index (κ3) is 3.55. The lowest BCUT2D eigenvalue weighted by Gasteiger charge is -2.26. The standard InChI is InChI=1S/C15H23ClN2O3S/c1-10(2)18-14(7-8-22(18,20)21)15(19)17-9-12-11(3)5-4-6-13(12)16/h5,10,14H,4,6-9H2,1-3H3,(H,17,19). The van der Waals surface area contributed by atoms with Crippen LogP contribution < -0.4 is 5.32 Å². The molecule has 1 atom stereocenters. The van der Waals surface area contributed by atoms with Crippen molar-refractivity contribution in [3.63, 3.8) is 0 Å². The van der Waals surface area contributed by atoms with Gasteiger partial charge in [0.2, 0.25) is 15.9 Å². The van der Waals surface area contributed by atoms with Gasteiger partial charge in [0.05, 0.1) is 5.75 Å². The molecule has 124 valence electrons. The van der Waals surface area contributed by atoms with Crippen LogP contribution in [0.1, 0.15) is 40.0 Å². The number of halogens is 1. The van der Waals surface area contributed by atoms with E-state index in [9.17, 15) is 13.2 Å². The van der Waals surface area contributed by atoms with E-state index < -0.39 is 16.1 Å². The molecule has 0 spiro atoms. The number of carbonyl (C=O) groups is 1. The molecule has 0 radical (unpaired) electrons. The number of sulfonamides is 1. The second kappa shape index (κ2) is 6.72. The topological polar surface area (TPSA) is 66.5 Å². The average molecular weight is 347 g/mol. The van der Waals surface area contributed by atoms with E-state index in [-0.39, 0.29) is 17.7 Å². The molecule has 0 bridgehead atoms. The van der Waals surface area contributed by atoms with E-state index in [0.717, 1.165) is 29.0 Å². The number of allylic oxidation sites excluding steroid dienone is 2. The molecule has 1 fully saturated rings. The van der Waals surface area contributed by atoms with Crippen LogP contribution in [0.15, 0.2) is 22.3 Å². The first-order valence-electron chi connectivity index (χ1n) is 7.57. The maximum atomic E-state index is 12.4. The Morgan fingerprint density at radius 3 is 2.77 bits per heavy atom. The molecule has 0 aromatic carbocycles. The third-order valence-electron chi connectivity index (χ3n) is 4.15. The summed E-state index contributed by atoms with van der Waals surface area (Å²) < 4.78 is 25.4. The minimum Gasteiger partial charge on any atom is -0.351 e. The van der Waals surface area contributed by atoms with Gasteiger partial charge in [0.1, 0.15) is 6.04 Å². The zero-order valence-corrected chi connectivity index (χ0v) is 14.8. The van der Waals surface area contributed by atoms with Gasteiger partial charge in [-0.1, -0.05) is 17.7 Å². The van der Waals surface area contributed by atoms with Gasteiger partial charge in [-0.2, -0.15) is 4.31 Å². The molecule has 1 saturated heterocycles. The van der Waals surface area contributed by atoms with Crippen molar-refractivity contribution in [3.05, 3.63) is 22.3 Å². The Hall–Kier alpha value is -0.850. The summed E-state index contributed by atoms with van der Waals surface area (Å²) >= 11 is 6.23. The number of hydrogen-bond donors (Lipinski definition) is 1. The molecule has 1 unspecified atom stereocenters. The molecule has 1 aliphatic heterocycles. The lowest BCUT2D eigenvalue weighted by atomic mass is 9.99. The summed E-state index contributed by atoms with van der Waals surface area (Å²) in [6.45, 7) is 5.90. The van der Waals surface area contributed by atoms with E-state index in [2.05, 4.69) is 11.4 Å². The monoisotopic (exact) mass is 346 g/mol. The van der Waals surface area contributed by atoms with Crippen LogP contribution in [0.4, 0.5) is 0 Å². The van der Waals surface area contributed by atoms with Gasteiger partial charge in [-0.3, -0.25) is 4.79 Å². The molecule has 1 heterocycles. The van der Waals surface area contributed by atoms with Crippen molar-refractivity contribution in [2.45, 2.75) is 52.1 Å². The van der Waals surface area contributed by atoms with Crippen LogP contribution in [0.5, 0.6) is 0 Å². The molecule has 1 N–H and O–H groups in total. The second-order valence-corrected chi connectivity index (χ2v) is 8.52. The largest absolute Gasteiger partial charge is 0.351 e. The smallest absolute Gasteiger partial charge is 0.238 e. The fourth-order valence-electron chi connectivity index (χ4n) is 3.05. The fraction of sp³-hybridized carbons (Fsp3) is 0.667. The van der Waals surface area contributed by atoms with Crippen molar-refractivity contribution >= 4 is 27.5 Å². The van der Waals surface area contributed by atoms with Gasteiger partial charge in [-0.05, 0) is 51.2 Å². The minimum atomic E-state index is -3.32. The number of amides is 1. The zero-order valence-electron chi connectivity index (χ0n) is 13.2. The Bertz CT molecular complexity index is 623. The Kier molecular flexibility index (Phi) is 5.35. The number of hydrogen-bond acceptors (Lipinski definition) is 3. The van der Waals surface area contributed by atoms with Crippen molar-refractivity contribution in [1.29, 1.82) is 0 Å². The van der Waals surface area contributed by atoms with E-state index in [1.807, 2.05) is 6.92 Å². The first-order valence-corrected chi connectivity index (χ1v) is 9.56. The molecule has 2 aliphatic rings. The highest BCUT2D eigenvalue weighted by Gasteiger charge is 2.42. The maximum Gasteiger partial charge on any atom is 0.238 e. The Balaban J connectivity index is 2.06. The first-order chi connectivity index (χ1) is 10.2. The van der Waals surface area contributed by atoms with Crippen molar-refractivity contribution in [2.24, 2.45) is 0 Å². The van der Waals surface area contributed by atoms with Gasteiger partial charge in [-0.15, -0.1) is 0 Å². The van der Waals surface area contributed by atoms with E-state index in [0.29, 0.717) is 13.0 Å². The molecule has 5 nitrogen and oxygen atoms in total.